The minimum atomic E-state index is 0.336. The van der Waals surface area contributed by atoms with Gasteiger partial charge in [-0.15, -0.1) is 0 Å². The molecule has 0 spiro atoms. The summed E-state index contributed by atoms with van der Waals surface area (Å²) in [5.41, 5.74) is 0. The van der Waals surface area contributed by atoms with Gasteiger partial charge in [-0.3, -0.25) is 0 Å². The van der Waals surface area contributed by atoms with Crippen molar-refractivity contribution in [1.82, 2.24) is 9.97 Å². The maximum absolute atomic E-state index is 6.13. The summed E-state index contributed by atoms with van der Waals surface area (Å²) in [5.74, 6) is 2.95. The molecular formula is C14H13ClN2O2. The number of aromatic nitrogens is 2. The molecule has 1 saturated carbocycles. The molecule has 0 unspecified atom stereocenters. The number of methoxy groups -OCH3 is 1. The van der Waals surface area contributed by atoms with Gasteiger partial charge in [0.05, 0.1) is 13.3 Å². The van der Waals surface area contributed by atoms with Crippen LogP contribution in [0.4, 0.5) is 0 Å². The van der Waals surface area contributed by atoms with Crippen molar-refractivity contribution < 1.29 is 9.47 Å². The third kappa shape index (κ3) is 2.63. The van der Waals surface area contributed by atoms with E-state index >= 15 is 0 Å². The number of ether oxygens (including phenoxy) is 2. The number of halogens is 1. The van der Waals surface area contributed by atoms with Gasteiger partial charge in [-0.25, -0.2) is 9.97 Å². The van der Waals surface area contributed by atoms with Gasteiger partial charge in [0.2, 0.25) is 0 Å². The molecule has 0 atom stereocenters. The summed E-state index contributed by atoms with van der Waals surface area (Å²) in [7, 11) is 1.59. The SMILES string of the molecule is COc1ccccc1Oc1cnc(C2CC2)nc1Cl. The van der Waals surface area contributed by atoms with Crippen LogP contribution in [0.25, 0.3) is 0 Å². The zero-order valence-electron chi connectivity index (χ0n) is 10.5. The normalized spacial score (nSPS) is 14.2. The topological polar surface area (TPSA) is 44.2 Å². The summed E-state index contributed by atoms with van der Waals surface area (Å²) in [6, 6.07) is 7.37. The Balaban J connectivity index is 1.86. The lowest BCUT2D eigenvalue weighted by Crippen LogP contribution is -1.96. The standard InChI is InChI=1S/C14H13ClN2O2/c1-18-10-4-2-3-5-11(10)19-12-8-16-14(9-6-7-9)17-13(12)15/h2-5,8-9H,6-7H2,1H3. The Labute approximate surface area is 116 Å². The van der Waals surface area contributed by atoms with Crippen molar-refractivity contribution in [2.75, 3.05) is 7.11 Å². The average molecular weight is 277 g/mol. The quantitative estimate of drug-likeness (QED) is 0.797. The van der Waals surface area contributed by atoms with Crippen molar-refractivity contribution in [3.05, 3.63) is 41.4 Å². The first kappa shape index (κ1) is 12.2. The maximum atomic E-state index is 6.13. The van der Waals surface area contributed by atoms with Crippen LogP contribution in [0.1, 0.15) is 24.6 Å². The third-order valence-electron chi connectivity index (χ3n) is 2.96. The number of benzene rings is 1. The summed E-state index contributed by atoms with van der Waals surface area (Å²) in [6.45, 7) is 0. The van der Waals surface area contributed by atoms with Crippen LogP contribution in [-0.2, 0) is 0 Å². The summed E-state index contributed by atoms with van der Waals surface area (Å²) in [5, 5.41) is 0.336. The fourth-order valence-electron chi connectivity index (χ4n) is 1.79. The van der Waals surface area contributed by atoms with Crippen LogP contribution in [0, 0.1) is 0 Å². The highest BCUT2D eigenvalue weighted by atomic mass is 35.5. The number of hydrogen-bond donors (Lipinski definition) is 0. The molecule has 98 valence electrons. The number of hydrogen-bond acceptors (Lipinski definition) is 4. The lowest BCUT2D eigenvalue weighted by atomic mass is 10.3. The van der Waals surface area contributed by atoms with Crippen LogP contribution >= 0.6 is 11.6 Å². The van der Waals surface area contributed by atoms with E-state index in [1.54, 1.807) is 13.3 Å². The van der Waals surface area contributed by atoms with Gasteiger partial charge in [0.15, 0.2) is 22.4 Å². The Bertz CT molecular complexity index is 600. The molecule has 0 radical (unpaired) electrons. The molecule has 1 heterocycles. The first-order valence-corrected chi connectivity index (χ1v) is 6.49. The van der Waals surface area contributed by atoms with E-state index in [0.29, 0.717) is 28.3 Å². The van der Waals surface area contributed by atoms with Gasteiger partial charge in [0, 0.05) is 5.92 Å². The molecule has 5 heteroatoms. The lowest BCUT2D eigenvalue weighted by molar-refractivity contribution is 0.378. The monoisotopic (exact) mass is 276 g/mol. The zero-order chi connectivity index (χ0) is 13.2. The van der Waals surface area contributed by atoms with Crippen molar-refractivity contribution >= 4 is 11.6 Å². The molecule has 0 bridgehead atoms. The van der Waals surface area contributed by atoms with Crippen molar-refractivity contribution in [2.45, 2.75) is 18.8 Å². The second-order valence-electron chi connectivity index (χ2n) is 4.41. The van der Waals surface area contributed by atoms with Gasteiger partial charge in [0.1, 0.15) is 5.82 Å². The Hall–Kier alpha value is -1.81. The summed E-state index contributed by atoms with van der Waals surface area (Å²) >= 11 is 6.13. The van der Waals surface area contributed by atoms with Crippen molar-refractivity contribution in [2.24, 2.45) is 0 Å². The Morgan fingerprint density at radius 3 is 2.53 bits per heavy atom. The van der Waals surface area contributed by atoms with Crippen LogP contribution < -0.4 is 9.47 Å². The van der Waals surface area contributed by atoms with Gasteiger partial charge in [-0.2, -0.15) is 0 Å². The molecule has 0 amide bonds. The van der Waals surface area contributed by atoms with Crippen molar-refractivity contribution in [3.8, 4) is 17.2 Å². The van der Waals surface area contributed by atoms with Crippen molar-refractivity contribution in [1.29, 1.82) is 0 Å². The molecule has 3 rings (SSSR count). The van der Waals surface area contributed by atoms with Crippen LogP contribution in [-0.4, -0.2) is 17.1 Å². The first-order chi connectivity index (χ1) is 9.28. The van der Waals surface area contributed by atoms with Gasteiger partial charge >= 0.3 is 0 Å². The highest BCUT2D eigenvalue weighted by molar-refractivity contribution is 6.30. The fourth-order valence-corrected chi connectivity index (χ4v) is 1.96. The Morgan fingerprint density at radius 1 is 1.16 bits per heavy atom. The molecule has 1 aromatic carbocycles. The minimum absolute atomic E-state index is 0.336. The van der Waals surface area contributed by atoms with E-state index in [1.807, 2.05) is 24.3 Å². The van der Waals surface area contributed by atoms with Crippen molar-refractivity contribution in [3.63, 3.8) is 0 Å². The number of para-hydroxylation sites is 2. The molecule has 1 aliphatic carbocycles. The molecule has 1 fully saturated rings. The Kier molecular flexibility index (Phi) is 3.25. The van der Waals surface area contributed by atoms with E-state index in [-0.39, 0.29) is 0 Å². The van der Waals surface area contributed by atoms with Crippen LogP contribution in [0.15, 0.2) is 30.5 Å². The minimum Gasteiger partial charge on any atom is -0.493 e. The summed E-state index contributed by atoms with van der Waals surface area (Å²) in [6.07, 6.45) is 3.90. The molecular weight excluding hydrogens is 264 g/mol. The number of rotatable bonds is 4. The predicted molar refractivity (Wildman–Crippen MR) is 72.1 cm³/mol. The molecule has 0 saturated heterocycles. The first-order valence-electron chi connectivity index (χ1n) is 6.11. The molecule has 4 nitrogen and oxygen atoms in total. The van der Waals surface area contributed by atoms with E-state index in [1.165, 1.54) is 0 Å². The smallest absolute Gasteiger partial charge is 0.183 e. The van der Waals surface area contributed by atoms with E-state index in [0.717, 1.165) is 18.7 Å². The van der Waals surface area contributed by atoms with E-state index in [9.17, 15) is 0 Å². The lowest BCUT2D eigenvalue weighted by Gasteiger charge is -2.10. The molecule has 0 aliphatic heterocycles. The van der Waals surface area contributed by atoms with Gasteiger partial charge in [-0.05, 0) is 25.0 Å². The maximum Gasteiger partial charge on any atom is 0.183 e. The van der Waals surface area contributed by atoms with Gasteiger partial charge in [-0.1, -0.05) is 23.7 Å². The third-order valence-corrected chi connectivity index (χ3v) is 3.23. The summed E-state index contributed by atoms with van der Waals surface area (Å²) < 4.78 is 10.9. The van der Waals surface area contributed by atoms with E-state index in [2.05, 4.69) is 9.97 Å². The van der Waals surface area contributed by atoms with Crippen LogP contribution in [0.3, 0.4) is 0 Å². The largest absolute Gasteiger partial charge is 0.493 e. The van der Waals surface area contributed by atoms with Crippen LogP contribution in [0.2, 0.25) is 5.15 Å². The van der Waals surface area contributed by atoms with Crippen LogP contribution in [0.5, 0.6) is 17.2 Å². The molecule has 19 heavy (non-hydrogen) atoms. The summed E-state index contributed by atoms with van der Waals surface area (Å²) in [4.78, 5) is 8.57. The second-order valence-corrected chi connectivity index (χ2v) is 4.77. The van der Waals surface area contributed by atoms with Gasteiger partial charge in [0.25, 0.3) is 0 Å². The molecule has 1 aliphatic rings. The average Bonchev–Trinajstić information content (AvgIpc) is 3.26. The highest BCUT2D eigenvalue weighted by Gasteiger charge is 2.27. The molecule has 1 aromatic heterocycles. The van der Waals surface area contributed by atoms with Gasteiger partial charge < -0.3 is 9.47 Å². The molecule has 2 aromatic rings. The fraction of sp³-hybridized carbons (Fsp3) is 0.286. The molecule has 0 N–H and O–H groups in total. The Morgan fingerprint density at radius 2 is 1.89 bits per heavy atom. The zero-order valence-corrected chi connectivity index (χ0v) is 11.2. The second kappa shape index (κ2) is 5.05. The number of nitrogens with zero attached hydrogens (tertiary/aromatic N) is 2. The highest BCUT2D eigenvalue weighted by Crippen LogP contribution is 2.40. The van der Waals surface area contributed by atoms with E-state index < -0.39 is 0 Å². The van der Waals surface area contributed by atoms with E-state index in [4.69, 9.17) is 21.1 Å². The predicted octanol–water partition coefficient (Wildman–Crippen LogP) is 3.81.